The van der Waals surface area contributed by atoms with Crippen LogP contribution in [0.15, 0.2) is 16.5 Å². The van der Waals surface area contributed by atoms with E-state index in [2.05, 4.69) is 9.80 Å². The fourth-order valence-corrected chi connectivity index (χ4v) is 3.96. The lowest BCUT2D eigenvalue weighted by atomic mass is 9.89. The van der Waals surface area contributed by atoms with Gasteiger partial charge in [-0.1, -0.05) is 0 Å². The number of aliphatic hydroxyl groups is 2. The minimum Gasteiger partial charge on any atom is -0.462 e. The summed E-state index contributed by atoms with van der Waals surface area (Å²) in [7, 11) is 0. The van der Waals surface area contributed by atoms with Gasteiger partial charge in [-0.3, -0.25) is 4.90 Å². The summed E-state index contributed by atoms with van der Waals surface area (Å²) in [5.74, 6) is 2.53. The second kappa shape index (κ2) is 7.59. The van der Waals surface area contributed by atoms with Crippen molar-refractivity contribution in [3.8, 4) is 0 Å². The third-order valence-corrected chi connectivity index (χ3v) is 4.93. The summed E-state index contributed by atoms with van der Waals surface area (Å²) < 4.78 is 5.61. The number of nitrogens with zero attached hydrogens (tertiary/aromatic N) is 2. The van der Waals surface area contributed by atoms with Crippen LogP contribution in [0, 0.1) is 11.8 Å². The molecule has 0 spiro atoms. The fraction of sp³-hybridized carbons (Fsp3) is 0.765. The van der Waals surface area contributed by atoms with Crippen molar-refractivity contribution in [3.63, 3.8) is 0 Å². The molecule has 2 atom stereocenters. The Labute approximate surface area is 132 Å². The second-order valence-electron chi connectivity index (χ2n) is 6.88. The molecule has 3 heterocycles. The van der Waals surface area contributed by atoms with Crippen LogP contribution in [0.25, 0.3) is 0 Å². The summed E-state index contributed by atoms with van der Waals surface area (Å²) in [4.78, 5) is 4.96. The molecule has 2 N–H and O–H groups in total. The van der Waals surface area contributed by atoms with Gasteiger partial charge < -0.3 is 19.5 Å². The van der Waals surface area contributed by atoms with E-state index in [0.29, 0.717) is 17.6 Å². The molecule has 0 bridgehead atoms. The Hall–Kier alpha value is -0.880. The SMILES string of the molecule is OCc1ccc(CN2C[C@@H](CN3CCCC3)C[C@H](CO)C2)o1. The minimum absolute atomic E-state index is 0.0448. The highest BCUT2D eigenvalue weighted by Crippen LogP contribution is 2.25. The van der Waals surface area contributed by atoms with Crippen molar-refractivity contribution in [2.75, 3.05) is 39.3 Å². The van der Waals surface area contributed by atoms with Crippen LogP contribution in [0.3, 0.4) is 0 Å². The quantitative estimate of drug-likeness (QED) is 0.829. The molecule has 3 rings (SSSR count). The largest absolute Gasteiger partial charge is 0.462 e. The van der Waals surface area contributed by atoms with Crippen molar-refractivity contribution in [1.82, 2.24) is 9.80 Å². The van der Waals surface area contributed by atoms with Crippen molar-refractivity contribution in [2.45, 2.75) is 32.4 Å². The van der Waals surface area contributed by atoms with E-state index in [-0.39, 0.29) is 13.2 Å². The third kappa shape index (κ3) is 4.10. The Kier molecular flexibility index (Phi) is 5.52. The Morgan fingerprint density at radius 2 is 1.73 bits per heavy atom. The molecule has 2 fully saturated rings. The Bertz CT molecular complexity index is 457. The second-order valence-corrected chi connectivity index (χ2v) is 6.88. The van der Waals surface area contributed by atoms with Gasteiger partial charge in [0.2, 0.25) is 0 Å². The Balaban J connectivity index is 1.57. The molecule has 2 saturated heterocycles. The number of hydrogen-bond acceptors (Lipinski definition) is 5. The monoisotopic (exact) mass is 308 g/mol. The van der Waals surface area contributed by atoms with Crippen LogP contribution >= 0.6 is 0 Å². The minimum atomic E-state index is -0.0448. The molecule has 0 aromatic carbocycles. The highest BCUT2D eigenvalue weighted by molar-refractivity contribution is 5.06. The van der Waals surface area contributed by atoms with Gasteiger partial charge in [0.15, 0.2) is 0 Å². The van der Waals surface area contributed by atoms with Gasteiger partial charge in [-0.2, -0.15) is 0 Å². The molecule has 5 heteroatoms. The number of aliphatic hydroxyl groups excluding tert-OH is 2. The summed E-state index contributed by atoms with van der Waals surface area (Å²) in [6.45, 7) is 6.63. The molecule has 0 radical (unpaired) electrons. The number of rotatable bonds is 6. The van der Waals surface area contributed by atoms with Crippen molar-refractivity contribution < 1.29 is 14.6 Å². The first-order valence-corrected chi connectivity index (χ1v) is 8.51. The zero-order chi connectivity index (χ0) is 15.4. The molecule has 22 heavy (non-hydrogen) atoms. The molecule has 1 aromatic heterocycles. The molecule has 0 amide bonds. The molecular formula is C17H28N2O3. The number of likely N-dealkylation sites (tertiary alicyclic amines) is 2. The van der Waals surface area contributed by atoms with Gasteiger partial charge in [0.1, 0.15) is 18.1 Å². The van der Waals surface area contributed by atoms with Crippen molar-refractivity contribution in [3.05, 3.63) is 23.7 Å². The number of piperidine rings is 1. The molecule has 0 unspecified atom stereocenters. The van der Waals surface area contributed by atoms with E-state index in [1.807, 2.05) is 12.1 Å². The molecule has 2 aliphatic heterocycles. The normalized spacial score (nSPS) is 27.5. The maximum absolute atomic E-state index is 9.60. The van der Waals surface area contributed by atoms with Gasteiger partial charge >= 0.3 is 0 Å². The Morgan fingerprint density at radius 1 is 1.00 bits per heavy atom. The van der Waals surface area contributed by atoms with Gasteiger partial charge in [-0.25, -0.2) is 0 Å². The molecule has 1 aromatic rings. The molecule has 0 saturated carbocycles. The van der Waals surface area contributed by atoms with Gasteiger partial charge in [-0.05, 0) is 56.3 Å². The fourth-order valence-electron chi connectivity index (χ4n) is 3.96. The summed E-state index contributed by atoms with van der Waals surface area (Å²) in [6.07, 6.45) is 3.79. The first-order chi connectivity index (χ1) is 10.8. The molecule has 2 aliphatic rings. The smallest absolute Gasteiger partial charge is 0.129 e. The topological polar surface area (TPSA) is 60.1 Å². The van der Waals surface area contributed by atoms with Crippen molar-refractivity contribution in [2.24, 2.45) is 11.8 Å². The summed E-state index contributed by atoms with van der Waals surface area (Å²) in [5.41, 5.74) is 0. The third-order valence-electron chi connectivity index (χ3n) is 4.93. The van der Waals surface area contributed by atoms with E-state index >= 15 is 0 Å². The van der Waals surface area contributed by atoms with Gasteiger partial charge in [0, 0.05) is 26.2 Å². The van der Waals surface area contributed by atoms with Gasteiger partial charge in [0.25, 0.3) is 0 Å². The van der Waals surface area contributed by atoms with E-state index in [4.69, 9.17) is 9.52 Å². The lowest BCUT2D eigenvalue weighted by molar-refractivity contribution is 0.0613. The summed E-state index contributed by atoms with van der Waals surface area (Å²) in [5, 5.41) is 18.7. The van der Waals surface area contributed by atoms with E-state index in [1.54, 1.807) is 0 Å². The first kappa shape index (κ1) is 16.0. The number of hydrogen-bond donors (Lipinski definition) is 2. The highest BCUT2D eigenvalue weighted by atomic mass is 16.4. The average Bonchev–Trinajstić information content (AvgIpc) is 3.18. The number of furan rings is 1. The van der Waals surface area contributed by atoms with Crippen LogP contribution in [0.5, 0.6) is 0 Å². The molecule has 0 aliphatic carbocycles. The first-order valence-electron chi connectivity index (χ1n) is 8.51. The maximum Gasteiger partial charge on any atom is 0.129 e. The zero-order valence-corrected chi connectivity index (χ0v) is 13.3. The standard InChI is InChI=1S/C17H28N2O3/c20-12-15-7-14(8-18-5-1-2-6-18)9-19(10-15)11-16-3-4-17(13-21)22-16/h3-4,14-15,20-21H,1-2,5-13H2/t14-,15+/m1/s1. The van der Waals surface area contributed by atoms with Gasteiger partial charge in [-0.15, -0.1) is 0 Å². The van der Waals surface area contributed by atoms with Crippen molar-refractivity contribution >= 4 is 0 Å². The van der Waals surface area contributed by atoms with Gasteiger partial charge in [0.05, 0.1) is 6.54 Å². The van der Waals surface area contributed by atoms with E-state index in [0.717, 1.165) is 38.4 Å². The van der Waals surface area contributed by atoms with E-state index < -0.39 is 0 Å². The highest BCUT2D eigenvalue weighted by Gasteiger charge is 2.29. The summed E-state index contributed by atoms with van der Waals surface area (Å²) >= 11 is 0. The van der Waals surface area contributed by atoms with E-state index in [9.17, 15) is 5.11 Å². The predicted molar refractivity (Wildman–Crippen MR) is 84.3 cm³/mol. The van der Waals surface area contributed by atoms with E-state index in [1.165, 1.54) is 25.9 Å². The van der Waals surface area contributed by atoms with Crippen LogP contribution in [0.4, 0.5) is 0 Å². The van der Waals surface area contributed by atoms with Crippen LogP contribution in [-0.2, 0) is 13.2 Å². The predicted octanol–water partition coefficient (Wildman–Crippen LogP) is 1.30. The average molecular weight is 308 g/mol. The summed E-state index contributed by atoms with van der Waals surface area (Å²) in [6, 6.07) is 3.79. The lowest BCUT2D eigenvalue weighted by Gasteiger charge is -2.38. The molecule has 124 valence electrons. The zero-order valence-electron chi connectivity index (χ0n) is 13.3. The van der Waals surface area contributed by atoms with Crippen LogP contribution in [0.1, 0.15) is 30.8 Å². The molecular weight excluding hydrogens is 280 g/mol. The van der Waals surface area contributed by atoms with Crippen LogP contribution in [-0.4, -0.2) is 59.3 Å². The lowest BCUT2D eigenvalue weighted by Crippen LogP contribution is -2.44. The maximum atomic E-state index is 9.60. The Morgan fingerprint density at radius 3 is 2.41 bits per heavy atom. The molecule has 5 nitrogen and oxygen atoms in total. The van der Waals surface area contributed by atoms with Crippen LogP contribution in [0.2, 0.25) is 0 Å². The van der Waals surface area contributed by atoms with Crippen molar-refractivity contribution in [1.29, 1.82) is 0 Å². The van der Waals surface area contributed by atoms with Crippen LogP contribution < -0.4 is 0 Å².